The van der Waals surface area contributed by atoms with Crippen molar-refractivity contribution >= 4 is 96.2 Å². The highest BCUT2D eigenvalue weighted by Gasteiger charge is 2.45. The lowest BCUT2D eigenvalue weighted by atomic mass is 9.33. The Kier molecular flexibility index (Phi) is 11.3. The van der Waals surface area contributed by atoms with Gasteiger partial charge < -0.3 is 19.1 Å². The maximum atomic E-state index is 6.50. The molecule has 11 aromatic rings. The molecule has 376 valence electrons. The smallest absolute Gasteiger partial charge is 0.252 e. The van der Waals surface area contributed by atoms with Crippen LogP contribution in [0.15, 0.2) is 229 Å². The van der Waals surface area contributed by atoms with Gasteiger partial charge >= 0.3 is 0 Å². The van der Waals surface area contributed by atoms with Crippen molar-refractivity contribution in [2.45, 2.75) is 78.6 Å². The first-order valence-electron chi connectivity index (χ1n) is 27.3. The van der Waals surface area contributed by atoms with Gasteiger partial charge in [-0.25, -0.2) is 0 Å². The zero-order chi connectivity index (χ0) is 53.0. The minimum absolute atomic E-state index is 0.0497. The summed E-state index contributed by atoms with van der Waals surface area (Å²) in [6.45, 7) is 21.0. The van der Waals surface area contributed by atoms with E-state index in [2.05, 4.69) is 295 Å². The van der Waals surface area contributed by atoms with Crippen molar-refractivity contribution < 1.29 is 4.42 Å². The SMILES string of the molecule is CC(C)(C)c1ccc2c(c1)B1c3ccc(N(c4ccccc4)c4ccccc4)cc3N(c3cccc(-c4ccc5c(c4)oc4ccccc45)c3)c3cc(C(C)(C)C)cc(c31)N2c1ccc(C(C)(C)C)cc1-c1ccccc1. The summed E-state index contributed by atoms with van der Waals surface area (Å²) in [7, 11) is 0. The Morgan fingerprint density at radius 2 is 0.922 bits per heavy atom. The second-order valence-electron chi connectivity index (χ2n) is 24.3. The minimum atomic E-state index is -0.198. The normalized spacial score (nSPS) is 13.2. The Morgan fingerprint density at radius 3 is 1.60 bits per heavy atom. The molecule has 0 bridgehead atoms. The molecule has 2 aliphatic heterocycles. The number of anilines is 9. The van der Waals surface area contributed by atoms with E-state index in [4.69, 9.17) is 4.42 Å². The monoisotopic (exact) mass is 998 g/mol. The lowest BCUT2D eigenvalue weighted by Gasteiger charge is -2.46. The van der Waals surface area contributed by atoms with Crippen LogP contribution in [-0.4, -0.2) is 6.71 Å². The number of para-hydroxylation sites is 3. The largest absolute Gasteiger partial charge is 0.456 e. The van der Waals surface area contributed by atoms with Crippen LogP contribution in [-0.2, 0) is 16.2 Å². The zero-order valence-corrected chi connectivity index (χ0v) is 45.7. The van der Waals surface area contributed by atoms with Crippen molar-refractivity contribution in [3.05, 3.63) is 241 Å². The van der Waals surface area contributed by atoms with Crippen LogP contribution >= 0.6 is 0 Å². The van der Waals surface area contributed by atoms with E-state index in [0.29, 0.717) is 0 Å². The predicted octanol–water partition coefficient (Wildman–Crippen LogP) is 18.4. The number of nitrogens with zero attached hydrogens (tertiary/aromatic N) is 3. The lowest BCUT2D eigenvalue weighted by Crippen LogP contribution is -2.61. The highest BCUT2D eigenvalue weighted by molar-refractivity contribution is 7.00. The van der Waals surface area contributed by atoms with E-state index in [9.17, 15) is 0 Å². The molecule has 0 saturated carbocycles. The van der Waals surface area contributed by atoms with Crippen molar-refractivity contribution in [3.8, 4) is 22.3 Å². The van der Waals surface area contributed by atoms with Gasteiger partial charge in [0, 0.05) is 61.8 Å². The third-order valence-corrected chi connectivity index (χ3v) is 16.1. The van der Waals surface area contributed by atoms with Crippen LogP contribution in [0.5, 0.6) is 0 Å². The second kappa shape index (κ2) is 18.1. The summed E-state index contributed by atoms with van der Waals surface area (Å²) in [5.74, 6) is 0. The lowest BCUT2D eigenvalue weighted by molar-refractivity contribution is 0.590. The summed E-state index contributed by atoms with van der Waals surface area (Å²) < 4.78 is 6.50. The summed E-state index contributed by atoms with van der Waals surface area (Å²) in [6, 6.07) is 83.5. The summed E-state index contributed by atoms with van der Waals surface area (Å²) in [5.41, 5.74) is 24.1. The fourth-order valence-corrected chi connectivity index (χ4v) is 11.9. The molecule has 0 spiro atoms. The van der Waals surface area contributed by atoms with Crippen LogP contribution in [0.1, 0.15) is 79.0 Å². The summed E-state index contributed by atoms with van der Waals surface area (Å²) in [4.78, 5) is 7.59. The average molecular weight is 998 g/mol. The Labute approximate surface area is 455 Å². The summed E-state index contributed by atoms with van der Waals surface area (Å²) in [6.07, 6.45) is 0. The third-order valence-electron chi connectivity index (χ3n) is 16.1. The maximum absolute atomic E-state index is 6.50. The molecule has 2 aliphatic rings. The first-order valence-corrected chi connectivity index (χ1v) is 27.3. The minimum Gasteiger partial charge on any atom is -0.456 e. The molecule has 0 N–H and O–H groups in total. The van der Waals surface area contributed by atoms with Crippen molar-refractivity contribution in [1.29, 1.82) is 0 Å². The molecule has 0 fully saturated rings. The van der Waals surface area contributed by atoms with E-state index in [0.717, 1.165) is 67.2 Å². The molecule has 1 aromatic heterocycles. The number of fused-ring (bicyclic) bond motifs is 7. The second-order valence-corrected chi connectivity index (χ2v) is 24.3. The van der Waals surface area contributed by atoms with E-state index in [1.54, 1.807) is 0 Å². The highest BCUT2D eigenvalue weighted by atomic mass is 16.3. The fourth-order valence-electron chi connectivity index (χ4n) is 11.9. The molecule has 5 heteroatoms. The molecule has 0 amide bonds. The van der Waals surface area contributed by atoms with Gasteiger partial charge in [0.15, 0.2) is 0 Å². The fraction of sp³-hybridized carbons (Fsp3) is 0.167. The molecular formula is C72H64BN3O. The quantitative estimate of drug-likeness (QED) is 0.148. The molecule has 0 saturated heterocycles. The molecule has 0 radical (unpaired) electrons. The van der Waals surface area contributed by atoms with Crippen molar-refractivity contribution in [3.63, 3.8) is 0 Å². The number of benzene rings is 10. The van der Waals surface area contributed by atoms with E-state index in [1.165, 1.54) is 61.3 Å². The molecule has 77 heavy (non-hydrogen) atoms. The Hall–Kier alpha value is -8.54. The number of rotatable bonds is 7. The highest BCUT2D eigenvalue weighted by Crippen LogP contribution is 2.50. The average Bonchev–Trinajstić information content (AvgIpc) is 4.01. The summed E-state index contributed by atoms with van der Waals surface area (Å²) in [5, 5.41) is 2.26. The van der Waals surface area contributed by atoms with Crippen LogP contribution in [0, 0.1) is 0 Å². The van der Waals surface area contributed by atoms with Gasteiger partial charge in [-0.15, -0.1) is 0 Å². The van der Waals surface area contributed by atoms with Crippen molar-refractivity contribution in [2.75, 3.05) is 14.7 Å². The topological polar surface area (TPSA) is 22.9 Å². The predicted molar refractivity (Wildman–Crippen MR) is 329 cm³/mol. The van der Waals surface area contributed by atoms with Crippen LogP contribution in [0.25, 0.3) is 44.2 Å². The number of furan rings is 1. The molecule has 0 aliphatic carbocycles. The van der Waals surface area contributed by atoms with Gasteiger partial charge in [-0.3, -0.25) is 0 Å². The zero-order valence-electron chi connectivity index (χ0n) is 45.7. The Bertz CT molecular complexity index is 4020. The molecule has 0 unspecified atom stereocenters. The van der Waals surface area contributed by atoms with E-state index < -0.39 is 0 Å². The van der Waals surface area contributed by atoms with Gasteiger partial charge in [0.25, 0.3) is 6.71 Å². The van der Waals surface area contributed by atoms with Crippen molar-refractivity contribution in [2.24, 2.45) is 0 Å². The first-order chi connectivity index (χ1) is 37.1. The molecule has 3 heterocycles. The van der Waals surface area contributed by atoms with Crippen LogP contribution in [0.3, 0.4) is 0 Å². The Morgan fingerprint density at radius 1 is 0.351 bits per heavy atom. The van der Waals surface area contributed by atoms with Gasteiger partial charge in [0.05, 0.1) is 5.69 Å². The van der Waals surface area contributed by atoms with Crippen LogP contribution in [0.2, 0.25) is 0 Å². The van der Waals surface area contributed by atoms with E-state index >= 15 is 0 Å². The van der Waals surface area contributed by atoms with Gasteiger partial charge in [-0.1, -0.05) is 190 Å². The molecular weight excluding hydrogens is 934 g/mol. The van der Waals surface area contributed by atoms with E-state index in [-0.39, 0.29) is 23.0 Å². The maximum Gasteiger partial charge on any atom is 0.252 e. The standard InChI is InChI=1S/C72H64BN3O/c1-70(2,3)50-33-38-62(59(42-50)47-22-13-10-14-23-47)76-63-39-34-51(71(4,5)6)43-61(63)73-60-37-35-56(74(53-25-15-11-16-26-53)54-27-17-12-18-28-54)46-64(60)75(65-44-52(72(7,8)9)45-66(76)69(65)73)55-29-21-24-48(40-55)49-32-36-58-57-30-19-20-31-67(57)77-68(58)41-49/h10-46H,1-9H3. The van der Waals surface area contributed by atoms with Crippen molar-refractivity contribution in [1.82, 2.24) is 0 Å². The van der Waals surface area contributed by atoms with Gasteiger partial charge in [-0.2, -0.15) is 0 Å². The number of hydrogen-bond donors (Lipinski definition) is 0. The summed E-state index contributed by atoms with van der Waals surface area (Å²) >= 11 is 0. The van der Waals surface area contributed by atoms with Crippen LogP contribution < -0.4 is 31.1 Å². The third kappa shape index (κ3) is 8.32. The van der Waals surface area contributed by atoms with Gasteiger partial charge in [0.2, 0.25) is 0 Å². The van der Waals surface area contributed by atoms with Gasteiger partial charge in [0.1, 0.15) is 11.2 Å². The first kappa shape index (κ1) is 48.1. The molecule has 13 rings (SSSR count). The molecule has 0 atom stereocenters. The van der Waals surface area contributed by atoms with E-state index in [1.807, 2.05) is 6.07 Å². The molecule has 10 aromatic carbocycles. The van der Waals surface area contributed by atoms with Gasteiger partial charge in [-0.05, 0) is 163 Å². The molecule has 4 nitrogen and oxygen atoms in total. The van der Waals surface area contributed by atoms with Crippen LogP contribution in [0.4, 0.5) is 51.2 Å². The number of hydrogen-bond acceptors (Lipinski definition) is 4. The Balaban J connectivity index is 1.12.